The first-order chi connectivity index (χ1) is 5.15. The molecule has 62 valence electrons. The van der Waals surface area contributed by atoms with Crippen LogP contribution in [0.1, 0.15) is 24.3 Å². The van der Waals surface area contributed by atoms with Crippen LogP contribution in [0.5, 0.6) is 0 Å². The van der Waals surface area contributed by atoms with Crippen molar-refractivity contribution < 1.29 is 5.11 Å². The van der Waals surface area contributed by atoms with Crippen LogP contribution in [-0.4, -0.2) is 5.11 Å². The predicted octanol–water partition coefficient (Wildman–Crippen LogP) is 3.61. The first-order valence-corrected chi connectivity index (χ1v) is 5.26. The average Bonchev–Trinajstić information content (AvgIpc) is 2.31. The summed E-state index contributed by atoms with van der Waals surface area (Å²) in [5, 5.41) is 10.1. The molecule has 1 aromatic rings. The zero-order chi connectivity index (χ0) is 8.43. The van der Waals surface area contributed by atoms with Crippen molar-refractivity contribution in [2.75, 3.05) is 0 Å². The molecule has 11 heavy (non-hydrogen) atoms. The molecular formula is C7H8BrClOS. The number of aliphatic hydroxyl groups is 1. The lowest BCUT2D eigenvalue weighted by atomic mass is 10.2. The predicted molar refractivity (Wildman–Crippen MR) is 52.3 cm³/mol. The number of hydrogen-bond donors (Lipinski definition) is 1. The lowest BCUT2D eigenvalue weighted by Gasteiger charge is -2.01. The van der Waals surface area contributed by atoms with E-state index in [1.165, 1.54) is 11.3 Å². The minimum Gasteiger partial charge on any atom is -0.388 e. The highest BCUT2D eigenvalue weighted by Crippen LogP contribution is 2.35. The van der Waals surface area contributed by atoms with Crippen LogP contribution < -0.4 is 0 Å². The van der Waals surface area contributed by atoms with E-state index in [0.717, 1.165) is 15.1 Å². The van der Waals surface area contributed by atoms with E-state index in [4.69, 9.17) is 11.6 Å². The molecule has 0 saturated heterocycles. The molecular weight excluding hydrogens is 248 g/mol. The molecule has 0 radical (unpaired) electrons. The lowest BCUT2D eigenvalue weighted by molar-refractivity contribution is 0.177. The third-order valence-electron chi connectivity index (χ3n) is 1.38. The highest BCUT2D eigenvalue weighted by atomic mass is 79.9. The van der Waals surface area contributed by atoms with E-state index in [1.807, 2.05) is 6.92 Å². The quantitative estimate of drug-likeness (QED) is 0.856. The highest BCUT2D eigenvalue weighted by Gasteiger charge is 2.10. The van der Waals surface area contributed by atoms with E-state index in [0.29, 0.717) is 5.02 Å². The number of rotatable bonds is 2. The molecule has 0 saturated carbocycles. The molecule has 0 fully saturated rings. The third-order valence-corrected chi connectivity index (χ3v) is 3.96. The molecule has 0 spiro atoms. The van der Waals surface area contributed by atoms with E-state index >= 15 is 0 Å². The number of thiophene rings is 1. The monoisotopic (exact) mass is 254 g/mol. The van der Waals surface area contributed by atoms with Crippen molar-refractivity contribution >= 4 is 38.9 Å². The summed E-state index contributed by atoms with van der Waals surface area (Å²) >= 11 is 10.6. The van der Waals surface area contributed by atoms with Gasteiger partial charge in [-0.2, -0.15) is 0 Å². The number of aliphatic hydroxyl groups excluding tert-OH is 1. The molecule has 1 rings (SSSR count). The van der Waals surface area contributed by atoms with Gasteiger partial charge in [-0.15, -0.1) is 11.3 Å². The van der Waals surface area contributed by atoms with Gasteiger partial charge in [0.2, 0.25) is 0 Å². The van der Waals surface area contributed by atoms with Gasteiger partial charge < -0.3 is 5.11 Å². The zero-order valence-electron chi connectivity index (χ0n) is 5.97. The van der Waals surface area contributed by atoms with E-state index in [-0.39, 0.29) is 6.10 Å². The van der Waals surface area contributed by atoms with E-state index in [2.05, 4.69) is 15.9 Å². The summed E-state index contributed by atoms with van der Waals surface area (Å²) in [5.41, 5.74) is 0. The van der Waals surface area contributed by atoms with Crippen LogP contribution in [0.2, 0.25) is 5.02 Å². The molecule has 1 aromatic heterocycles. The summed E-state index contributed by atoms with van der Waals surface area (Å²) in [6.45, 7) is 1.94. The Balaban J connectivity index is 2.88. The van der Waals surface area contributed by atoms with Crippen LogP contribution >= 0.6 is 38.9 Å². The van der Waals surface area contributed by atoms with Crippen molar-refractivity contribution in [2.24, 2.45) is 0 Å². The molecule has 0 aliphatic carbocycles. The van der Waals surface area contributed by atoms with Gasteiger partial charge >= 0.3 is 0 Å². The SMILES string of the molecule is CC[C@@H](O)c1cc(Cl)c(Br)s1. The van der Waals surface area contributed by atoms with Gasteiger partial charge in [0, 0.05) is 4.88 Å². The summed E-state index contributed by atoms with van der Waals surface area (Å²) < 4.78 is 0.890. The summed E-state index contributed by atoms with van der Waals surface area (Å²) in [6.07, 6.45) is 0.354. The van der Waals surface area contributed by atoms with Gasteiger partial charge in [-0.3, -0.25) is 0 Å². The third kappa shape index (κ3) is 2.18. The average molecular weight is 256 g/mol. The molecule has 0 unspecified atom stereocenters. The standard InChI is InChI=1S/C7H8BrClOS/c1-2-5(10)6-3-4(9)7(8)11-6/h3,5,10H,2H2,1H3/t5-/m1/s1. The lowest BCUT2D eigenvalue weighted by Crippen LogP contribution is -1.89. The molecule has 0 amide bonds. The normalized spacial score (nSPS) is 13.5. The Morgan fingerprint density at radius 3 is 2.82 bits per heavy atom. The van der Waals surface area contributed by atoms with Crippen LogP contribution in [0.3, 0.4) is 0 Å². The fraction of sp³-hybridized carbons (Fsp3) is 0.429. The van der Waals surface area contributed by atoms with Gasteiger partial charge in [0.05, 0.1) is 14.9 Å². The van der Waals surface area contributed by atoms with Crippen LogP contribution in [0, 0.1) is 0 Å². The number of hydrogen-bond acceptors (Lipinski definition) is 2. The van der Waals surface area contributed by atoms with E-state index in [1.54, 1.807) is 6.07 Å². The maximum absolute atomic E-state index is 9.40. The van der Waals surface area contributed by atoms with Crippen molar-refractivity contribution in [1.82, 2.24) is 0 Å². The van der Waals surface area contributed by atoms with Crippen molar-refractivity contribution in [3.8, 4) is 0 Å². The van der Waals surface area contributed by atoms with E-state index in [9.17, 15) is 5.11 Å². The molecule has 1 atom stereocenters. The van der Waals surface area contributed by atoms with Gasteiger partial charge in [0.1, 0.15) is 0 Å². The molecule has 1 heterocycles. The Morgan fingerprint density at radius 2 is 2.45 bits per heavy atom. The van der Waals surface area contributed by atoms with Gasteiger partial charge in [-0.05, 0) is 28.4 Å². The second-order valence-electron chi connectivity index (χ2n) is 2.19. The molecule has 1 N–H and O–H groups in total. The van der Waals surface area contributed by atoms with Crippen molar-refractivity contribution in [3.63, 3.8) is 0 Å². The van der Waals surface area contributed by atoms with Crippen LogP contribution in [0.4, 0.5) is 0 Å². The molecule has 0 bridgehead atoms. The second-order valence-corrected chi connectivity index (χ2v) is 5.00. The van der Waals surface area contributed by atoms with Crippen molar-refractivity contribution in [1.29, 1.82) is 0 Å². The smallest absolute Gasteiger partial charge is 0.0888 e. The van der Waals surface area contributed by atoms with Crippen molar-refractivity contribution in [2.45, 2.75) is 19.4 Å². The molecule has 0 aromatic carbocycles. The fourth-order valence-corrected chi connectivity index (χ4v) is 2.54. The summed E-state index contributed by atoms with van der Waals surface area (Å²) in [5.74, 6) is 0. The Hall–Kier alpha value is 0.430. The Labute approximate surface area is 83.1 Å². The van der Waals surface area contributed by atoms with Gasteiger partial charge in [-0.1, -0.05) is 18.5 Å². The van der Waals surface area contributed by atoms with Crippen LogP contribution in [-0.2, 0) is 0 Å². The highest BCUT2D eigenvalue weighted by molar-refractivity contribution is 9.11. The molecule has 0 aliphatic rings. The summed E-state index contributed by atoms with van der Waals surface area (Å²) in [4.78, 5) is 0.921. The maximum Gasteiger partial charge on any atom is 0.0888 e. The van der Waals surface area contributed by atoms with Crippen LogP contribution in [0.15, 0.2) is 9.85 Å². The van der Waals surface area contributed by atoms with Gasteiger partial charge in [0.15, 0.2) is 0 Å². The minimum absolute atomic E-state index is 0.371. The molecule has 1 nitrogen and oxygen atoms in total. The number of halogens is 2. The first kappa shape index (κ1) is 9.52. The largest absolute Gasteiger partial charge is 0.388 e. The Kier molecular flexibility index (Phi) is 3.37. The molecule has 0 aliphatic heterocycles. The maximum atomic E-state index is 9.40. The Bertz CT molecular complexity index is 229. The van der Waals surface area contributed by atoms with Gasteiger partial charge in [0.25, 0.3) is 0 Å². The molecule has 4 heteroatoms. The zero-order valence-corrected chi connectivity index (χ0v) is 9.13. The minimum atomic E-state index is -0.371. The fourth-order valence-electron chi connectivity index (χ4n) is 0.729. The first-order valence-electron chi connectivity index (χ1n) is 3.28. The van der Waals surface area contributed by atoms with Crippen LogP contribution in [0.25, 0.3) is 0 Å². The van der Waals surface area contributed by atoms with Crippen molar-refractivity contribution in [3.05, 3.63) is 19.8 Å². The summed E-state index contributed by atoms with van der Waals surface area (Å²) in [7, 11) is 0. The van der Waals surface area contributed by atoms with E-state index < -0.39 is 0 Å². The topological polar surface area (TPSA) is 20.2 Å². The second kappa shape index (κ2) is 3.90. The van der Waals surface area contributed by atoms with Gasteiger partial charge in [-0.25, -0.2) is 0 Å². The Morgan fingerprint density at radius 1 is 1.82 bits per heavy atom. The summed E-state index contributed by atoms with van der Waals surface area (Å²) in [6, 6.07) is 1.80.